The standard InChI is InChI=1S/C41H24NOP/c43-44(37-24-19-25-5-1-2-10-34(25)42-37,35-22-17-30-13-11-26-6-3-8-28-15-20-32(35)40(30)38(26)28)36-23-18-31-14-12-27-7-4-9-29-16-21-33(36)41(31)39(27)29/h1-24H. The quantitative estimate of drug-likeness (QED) is 0.155. The number of benzene rings is 9. The van der Waals surface area contributed by atoms with E-state index >= 15 is 4.57 Å². The highest BCUT2D eigenvalue weighted by Gasteiger charge is 2.35. The maximum atomic E-state index is 16.5. The second kappa shape index (κ2) is 8.63. The summed E-state index contributed by atoms with van der Waals surface area (Å²) in [5.74, 6) is 0. The van der Waals surface area contributed by atoms with Gasteiger partial charge in [-0.25, -0.2) is 4.98 Å². The second-order valence-corrected chi connectivity index (χ2v) is 14.5. The van der Waals surface area contributed by atoms with Gasteiger partial charge in [0.25, 0.3) is 0 Å². The Kier molecular flexibility index (Phi) is 4.74. The Morgan fingerprint density at radius 3 is 1.32 bits per heavy atom. The molecule has 3 heteroatoms. The summed E-state index contributed by atoms with van der Waals surface area (Å²) >= 11 is 0. The van der Waals surface area contributed by atoms with Gasteiger partial charge < -0.3 is 4.57 Å². The summed E-state index contributed by atoms with van der Waals surface area (Å²) in [5, 5.41) is 16.6. The Morgan fingerprint density at radius 2 is 0.773 bits per heavy atom. The van der Waals surface area contributed by atoms with Gasteiger partial charge in [0.15, 0.2) is 7.14 Å². The minimum atomic E-state index is -3.51. The lowest BCUT2D eigenvalue weighted by Crippen LogP contribution is -2.28. The van der Waals surface area contributed by atoms with Gasteiger partial charge in [0.1, 0.15) is 5.44 Å². The maximum Gasteiger partial charge on any atom is 0.189 e. The molecule has 0 unspecified atom stereocenters. The first-order valence-electron chi connectivity index (χ1n) is 15.0. The summed E-state index contributed by atoms with van der Waals surface area (Å²) in [6, 6.07) is 50.9. The lowest BCUT2D eigenvalue weighted by molar-refractivity contribution is 0.592. The molecule has 10 aromatic rings. The maximum absolute atomic E-state index is 16.5. The van der Waals surface area contributed by atoms with Crippen LogP contribution in [0.3, 0.4) is 0 Å². The van der Waals surface area contributed by atoms with Crippen molar-refractivity contribution in [2.24, 2.45) is 0 Å². The smallest absolute Gasteiger partial charge is 0.189 e. The van der Waals surface area contributed by atoms with E-state index in [0.717, 1.165) is 53.8 Å². The molecule has 0 saturated heterocycles. The van der Waals surface area contributed by atoms with Crippen LogP contribution in [0.1, 0.15) is 0 Å². The van der Waals surface area contributed by atoms with Crippen molar-refractivity contribution >= 4 is 98.7 Å². The summed E-state index contributed by atoms with van der Waals surface area (Å²) < 4.78 is 16.5. The summed E-state index contributed by atoms with van der Waals surface area (Å²) in [6.07, 6.45) is 0. The van der Waals surface area contributed by atoms with Gasteiger partial charge in [0.2, 0.25) is 0 Å². The van der Waals surface area contributed by atoms with Crippen molar-refractivity contribution in [1.29, 1.82) is 0 Å². The second-order valence-electron chi connectivity index (χ2n) is 11.9. The fourth-order valence-electron chi connectivity index (χ4n) is 7.60. The molecule has 9 aromatic carbocycles. The first-order valence-corrected chi connectivity index (χ1v) is 16.7. The monoisotopic (exact) mass is 577 g/mol. The van der Waals surface area contributed by atoms with E-state index in [4.69, 9.17) is 4.98 Å². The molecule has 1 heterocycles. The zero-order valence-corrected chi connectivity index (χ0v) is 24.6. The van der Waals surface area contributed by atoms with Gasteiger partial charge in [0.05, 0.1) is 5.52 Å². The van der Waals surface area contributed by atoms with E-state index in [0.29, 0.717) is 5.44 Å². The fourth-order valence-corrected chi connectivity index (χ4v) is 10.5. The molecule has 0 aliphatic heterocycles. The van der Waals surface area contributed by atoms with E-state index in [1.807, 2.05) is 24.3 Å². The highest BCUT2D eigenvalue weighted by atomic mass is 31.2. The predicted octanol–water partition coefficient (Wildman–Crippen LogP) is 9.67. The van der Waals surface area contributed by atoms with Gasteiger partial charge in [-0.15, -0.1) is 0 Å². The Morgan fingerprint density at radius 1 is 0.364 bits per heavy atom. The van der Waals surface area contributed by atoms with Crippen LogP contribution in [0.5, 0.6) is 0 Å². The third kappa shape index (κ3) is 3.11. The van der Waals surface area contributed by atoms with Crippen LogP contribution in [0, 0.1) is 0 Å². The van der Waals surface area contributed by atoms with Gasteiger partial charge in [-0.2, -0.15) is 0 Å². The third-order valence-corrected chi connectivity index (χ3v) is 12.6. The molecule has 0 saturated carbocycles. The lowest BCUT2D eigenvalue weighted by atomic mass is 9.94. The van der Waals surface area contributed by atoms with Crippen LogP contribution >= 0.6 is 7.14 Å². The normalized spacial score (nSPS) is 12.6. The largest absolute Gasteiger partial charge is 0.307 e. The molecule has 0 atom stereocenters. The zero-order valence-electron chi connectivity index (χ0n) is 23.7. The van der Waals surface area contributed by atoms with Gasteiger partial charge >= 0.3 is 0 Å². The van der Waals surface area contributed by atoms with Crippen molar-refractivity contribution in [3.63, 3.8) is 0 Å². The molecule has 204 valence electrons. The van der Waals surface area contributed by atoms with Crippen LogP contribution in [-0.4, -0.2) is 4.98 Å². The molecule has 1 aromatic heterocycles. The van der Waals surface area contributed by atoms with Crippen molar-refractivity contribution in [2.45, 2.75) is 0 Å². The van der Waals surface area contributed by atoms with Crippen LogP contribution in [0.25, 0.3) is 75.5 Å². The average molecular weight is 578 g/mol. The van der Waals surface area contributed by atoms with E-state index in [9.17, 15) is 0 Å². The van der Waals surface area contributed by atoms with Crippen molar-refractivity contribution in [2.75, 3.05) is 0 Å². The molecule has 0 radical (unpaired) electrons. The van der Waals surface area contributed by atoms with Crippen molar-refractivity contribution < 1.29 is 4.57 Å². The van der Waals surface area contributed by atoms with E-state index in [1.165, 1.54) is 32.3 Å². The number of hydrogen-bond donors (Lipinski definition) is 0. The summed E-state index contributed by atoms with van der Waals surface area (Å²) in [7, 11) is -3.51. The summed E-state index contributed by atoms with van der Waals surface area (Å²) in [5.41, 5.74) is 1.46. The van der Waals surface area contributed by atoms with Gasteiger partial charge in [-0.3, -0.25) is 0 Å². The van der Waals surface area contributed by atoms with Crippen LogP contribution in [0.15, 0.2) is 146 Å². The predicted molar refractivity (Wildman–Crippen MR) is 189 cm³/mol. The molecule has 0 N–H and O–H groups in total. The first-order chi connectivity index (χ1) is 21.7. The molecular formula is C41H24NOP. The molecule has 0 aliphatic rings. The van der Waals surface area contributed by atoms with Crippen LogP contribution in [-0.2, 0) is 4.57 Å². The minimum absolute atomic E-state index is 0.612. The van der Waals surface area contributed by atoms with Crippen LogP contribution < -0.4 is 16.0 Å². The van der Waals surface area contributed by atoms with Gasteiger partial charge in [-0.05, 0) is 88.9 Å². The summed E-state index contributed by atoms with van der Waals surface area (Å²) in [4.78, 5) is 5.16. The van der Waals surface area contributed by atoms with E-state index < -0.39 is 7.14 Å². The van der Waals surface area contributed by atoms with Crippen molar-refractivity contribution in [1.82, 2.24) is 4.98 Å². The highest BCUT2D eigenvalue weighted by molar-refractivity contribution is 7.86. The van der Waals surface area contributed by atoms with Crippen molar-refractivity contribution in [3.8, 4) is 0 Å². The zero-order chi connectivity index (χ0) is 29.0. The van der Waals surface area contributed by atoms with E-state index in [2.05, 4.69) is 121 Å². The molecular weight excluding hydrogens is 553 g/mol. The Labute approximate surface area is 253 Å². The van der Waals surface area contributed by atoms with E-state index in [1.54, 1.807) is 0 Å². The van der Waals surface area contributed by atoms with E-state index in [-0.39, 0.29) is 0 Å². The number of pyridine rings is 1. The molecule has 44 heavy (non-hydrogen) atoms. The number of para-hydroxylation sites is 1. The SMILES string of the molecule is O=P(c1ccc2ccccc2n1)(c1ccc2ccc3cccc4ccc1c2c34)c1ccc2ccc3cccc4ccc1c2c34. The molecule has 0 spiro atoms. The molecule has 10 rings (SSSR count). The number of fused-ring (bicyclic) bond motifs is 1. The summed E-state index contributed by atoms with van der Waals surface area (Å²) in [6.45, 7) is 0. The molecule has 2 nitrogen and oxygen atoms in total. The Bertz CT molecular complexity index is 2630. The molecule has 0 amide bonds. The Hall–Kier alpha value is -5.30. The first kappa shape index (κ1) is 24.2. The number of nitrogens with zero attached hydrogens (tertiary/aromatic N) is 1. The van der Waals surface area contributed by atoms with Crippen LogP contribution in [0.2, 0.25) is 0 Å². The van der Waals surface area contributed by atoms with Crippen molar-refractivity contribution in [3.05, 3.63) is 146 Å². The van der Waals surface area contributed by atoms with Crippen LogP contribution in [0.4, 0.5) is 0 Å². The lowest BCUT2D eigenvalue weighted by Gasteiger charge is -2.24. The fraction of sp³-hybridized carbons (Fsp3) is 0. The minimum Gasteiger partial charge on any atom is -0.307 e. The molecule has 0 bridgehead atoms. The Balaban J connectivity index is 1.39. The third-order valence-electron chi connectivity index (χ3n) is 9.60. The number of aromatic nitrogens is 1. The topological polar surface area (TPSA) is 30.0 Å². The average Bonchev–Trinajstić information content (AvgIpc) is 3.09. The highest BCUT2D eigenvalue weighted by Crippen LogP contribution is 2.49. The van der Waals surface area contributed by atoms with Gasteiger partial charge in [-0.1, -0.05) is 121 Å². The number of hydrogen-bond acceptors (Lipinski definition) is 2. The molecule has 0 fully saturated rings. The van der Waals surface area contributed by atoms with Gasteiger partial charge in [0, 0.05) is 16.0 Å². The number of rotatable bonds is 3. The molecule has 0 aliphatic carbocycles.